The van der Waals surface area contributed by atoms with Crippen molar-refractivity contribution < 1.29 is 4.79 Å². The number of amides is 1. The number of hydrogen-bond acceptors (Lipinski definition) is 3. The van der Waals surface area contributed by atoms with E-state index in [2.05, 4.69) is 16.7 Å². The van der Waals surface area contributed by atoms with Crippen LogP contribution in [0, 0.1) is 0 Å². The molecule has 1 aliphatic carbocycles. The average Bonchev–Trinajstić information content (AvgIpc) is 2.86. The Morgan fingerprint density at radius 3 is 3.19 bits per heavy atom. The number of nitrogens with one attached hydrogen (secondary N) is 2. The smallest absolute Gasteiger partial charge is 0.221 e. The summed E-state index contributed by atoms with van der Waals surface area (Å²) in [6.07, 6.45) is 2.84. The van der Waals surface area contributed by atoms with Crippen molar-refractivity contribution in [2.24, 2.45) is 0 Å². The standard InChI is InChI=1S/C11H13ClN2OS/c12-10-4-7-8(1-2-9(7)16-10)14-6-3-11(15)13-5-6/h4,6,8,14H,1-3,5H2,(H,13,15). The third-order valence-corrected chi connectivity index (χ3v) is 4.60. The molecular weight excluding hydrogens is 244 g/mol. The zero-order chi connectivity index (χ0) is 11.1. The molecule has 1 fully saturated rings. The first-order valence-electron chi connectivity index (χ1n) is 5.53. The first kappa shape index (κ1) is 10.6. The van der Waals surface area contributed by atoms with Crippen molar-refractivity contribution in [2.75, 3.05) is 6.54 Å². The number of carbonyl (C=O) groups excluding carboxylic acids is 1. The third kappa shape index (κ3) is 1.85. The molecule has 1 saturated heterocycles. The number of thiophene rings is 1. The molecule has 0 saturated carbocycles. The Morgan fingerprint density at radius 1 is 1.56 bits per heavy atom. The van der Waals surface area contributed by atoms with E-state index in [1.165, 1.54) is 10.4 Å². The van der Waals surface area contributed by atoms with Crippen LogP contribution in [0.15, 0.2) is 6.07 Å². The number of hydrogen-bond donors (Lipinski definition) is 2. The Morgan fingerprint density at radius 2 is 2.44 bits per heavy atom. The van der Waals surface area contributed by atoms with E-state index >= 15 is 0 Å². The second-order valence-corrected chi connectivity index (χ2v) is 6.16. The second kappa shape index (κ2) is 4.02. The molecule has 2 atom stereocenters. The van der Waals surface area contributed by atoms with E-state index < -0.39 is 0 Å². The van der Waals surface area contributed by atoms with Crippen LogP contribution in [0.2, 0.25) is 4.34 Å². The molecule has 0 radical (unpaired) electrons. The van der Waals surface area contributed by atoms with Gasteiger partial charge in [-0.2, -0.15) is 0 Å². The first-order valence-corrected chi connectivity index (χ1v) is 6.72. The maximum Gasteiger partial charge on any atom is 0.221 e. The Balaban J connectivity index is 1.70. The van der Waals surface area contributed by atoms with Gasteiger partial charge in [0.1, 0.15) is 0 Å². The molecule has 2 aliphatic rings. The summed E-state index contributed by atoms with van der Waals surface area (Å²) in [6.45, 7) is 0.753. The average molecular weight is 257 g/mol. The Bertz CT molecular complexity index is 432. The topological polar surface area (TPSA) is 41.1 Å². The van der Waals surface area contributed by atoms with E-state index in [9.17, 15) is 4.79 Å². The van der Waals surface area contributed by atoms with Crippen LogP contribution in [0.1, 0.15) is 29.3 Å². The Labute approximate surface area is 103 Å². The van der Waals surface area contributed by atoms with E-state index in [1.807, 2.05) is 0 Å². The molecule has 0 bridgehead atoms. The third-order valence-electron chi connectivity index (χ3n) is 3.26. The van der Waals surface area contributed by atoms with Gasteiger partial charge in [-0.15, -0.1) is 11.3 Å². The van der Waals surface area contributed by atoms with Gasteiger partial charge in [-0.1, -0.05) is 11.6 Å². The lowest BCUT2D eigenvalue weighted by atomic mass is 10.1. The summed E-state index contributed by atoms with van der Waals surface area (Å²) in [7, 11) is 0. The van der Waals surface area contributed by atoms with Gasteiger partial charge in [0.25, 0.3) is 0 Å². The highest BCUT2D eigenvalue weighted by atomic mass is 35.5. The Hall–Kier alpha value is -0.580. The predicted octanol–water partition coefficient (Wildman–Crippen LogP) is 1.87. The van der Waals surface area contributed by atoms with Crippen molar-refractivity contribution in [3.05, 3.63) is 20.8 Å². The van der Waals surface area contributed by atoms with Crippen LogP contribution in [-0.4, -0.2) is 18.5 Å². The lowest BCUT2D eigenvalue weighted by Gasteiger charge is -2.17. The second-order valence-electron chi connectivity index (χ2n) is 4.39. The molecule has 0 spiro atoms. The van der Waals surface area contributed by atoms with Gasteiger partial charge < -0.3 is 10.6 Å². The quantitative estimate of drug-likeness (QED) is 0.848. The highest BCUT2D eigenvalue weighted by Gasteiger charge is 2.29. The normalized spacial score (nSPS) is 28.2. The highest BCUT2D eigenvalue weighted by Crippen LogP contribution is 2.39. The molecule has 3 nitrogen and oxygen atoms in total. The van der Waals surface area contributed by atoms with Crippen LogP contribution in [0.3, 0.4) is 0 Å². The van der Waals surface area contributed by atoms with E-state index in [-0.39, 0.29) is 11.9 Å². The Kier molecular flexibility index (Phi) is 2.65. The molecular formula is C11H13ClN2OS. The summed E-state index contributed by atoms with van der Waals surface area (Å²) in [6, 6.07) is 2.73. The van der Waals surface area contributed by atoms with Crippen molar-refractivity contribution in [1.29, 1.82) is 0 Å². The number of rotatable bonds is 2. The van der Waals surface area contributed by atoms with Crippen LogP contribution >= 0.6 is 22.9 Å². The molecule has 3 rings (SSSR count). The maximum atomic E-state index is 11.1. The zero-order valence-corrected chi connectivity index (χ0v) is 10.3. The molecule has 2 heterocycles. The summed E-state index contributed by atoms with van der Waals surface area (Å²) in [4.78, 5) is 12.5. The van der Waals surface area contributed by atoms with Gasteiger partial charge in [-0.05, 0) is 24.5 Å². The first-order chi connectivity index (χ1) is 7.72. The lowest BCUT2D eigenvalue weighted by Crippen LogP contribution is -2.33. The minimum Gasteiger partial charge on any atom is -0.354 e. The van der Waals surface area contributed by atoms with Crippen LogP contribution in [0.5, 0.6) is 0 Å². The molecule has 16 heavy (non-hydrogen) atoms. The monoisotopic (exact) mass is 256 g/mol. The van der Waals surface area contributed by atoms with Crippen LogP contribution in [-0.2, 0) is 11.2 Å². The predicted molar refractivity (Wildman–Crippen MR) is 64.9 cm³/mol. The lowest BCUT2D eigenvalue weighted by molar-refractivity contribution is -0.119. The molecule has 0 aromatic carbocycles. The van der Waals surface area contributed by atoms with E-state index in [1.54, 1.807) is 11.3 Å². The van der Waals surface area contributed by atoms with Crippen molar-refractivity contribution >= 4 is 28.8 Å². The van der Waals surface area contributed by atoms with Crippen LogP contribution < -0.4 is 10.6 Å². The fourth-order valence-corrected chi connectivity index (χ4v) is 3.87. The van der Waals surface area contributed by atoms with Gasteiger partial charge in [-0.25, -0.2) is 0 Å². The molecule has 1 aromatic rings. The molecule has 2 unspecified atom stereocenters. The largest absolute Gasteiger partial charge is 0.354 e. The maximum absolute atomic E-state index is 11.1. The van der Waals surface area contributed by atoms with Gasteiger partial charge in [0, 0.05) is 29.9 Å². The van der Waals surface area contributed by atoms with Crippen LogP contribution in [0.25, 0.3) is 0 Å². The van der Waals surface area contributed by atoms with Crippen molar-refractivity contribution in [3.63, 3.8) is 0 Å². The highest BCUT2D eigenvalue weighted by molar-refractivity contribution is 7.16. The van der Waals surface area contributed by atoms with E-state index in [0.29, 0.717) is 12.5 Å². The van der Waals surface area contributed by atoms with Crippen LogP contribution in [0.4, 0.5) is 0 Å². The summed E-state index contributed by atoms with van der Waals surface area (Å²) < 4.78 is 0.872. The fraction of sp³-hybridized carbons (Fsp3) is 0.545. The van der Waals surface area contributed by atoms with Gasteiger partial charge in [0.15, 0.2) is 0 Å². The molecule has 5 heteroatoms. The fourth-order valence-electron chi connectivity index (χ4n) is 2.51. The molecule has 1 amide bonds. The minimum absolute atomic E-state index is 0.152. The number of fused-ring (bicyclic) bond motifs is 1. The van der Waals surface area contributed by atoms with E-state index in [4.69, 9.17) is 11.6 Å². The number of aryl methyl sites for hydroxylation is 1. The molecule has 1 aliphatic heterocycles. The molecule has 1 aromatic heterocycles. The number of carbonyl (C=O) groups is 1. The zero-order valence-electron chi connectivity index (χ0n) is 8.75. The van der Waals surface area contributed by atoms with Gasteiger partial charge in [0.2, 0.25) is 5.91 Å². The van der Waals surface area contributed by atoms with Crippen molar-refractivity contribution in [2.45, 2.75) is 31.3 Å². The minimum atomic E-state index is 0.152. The molecule has 2 N–H and O–H groups in total. The van der Waals surface area contributed by atoms with E-state index in [0.717, 1.165) is 23.7 Å². The summed E-state index contributed by atoms with van der Waals surface area (Å²) in [5.41, 5.74) is 1.34. The summed E-state index contributed by atoms with van der Waals surface area (Å²) in [5.74, 6) is 0.152. The van der Waals surface area contributed by atoms with Gasteiger partial charge >= 0.3 is 0 Å². The van der Waals surface area contributed by atoms with Crippen molar-refractivity contribution in [3.8, 4) is 0 Å². The number of halogens is 1. The van der Waals surface area contributed by atoms with Gasteiger partial charge in [0.05, 0.1) is 4.34 Å². The molecule has 86 valence electrons. The summed E-state index contributed by atoms with van der Waals surface area (Å²) in [5, 5.41) is 6.39. The summed E-state index contributed by atoms with van der Waals surface area (Å²) >= 11 is 7.69. The van der Waals surface area contributed by atoms with Crippen molar-refractivity contribution in [1.82, 2.24) is 10.6 Å². The SMILES string of the molecule is O=C1CC(NC2CCc3sc(Cl)cc32)CN1. The van der Waals surface area contributed by atoms with Gasteiger partial charge in [-0.3, -0.25) is 4.79 Å².